The summed E-state index contributed by atoms with van der Waals surface area (Å²) in [5.41, 5.74) is 0. The summed E-state index contributed by atoms with van der Waals surface area (Å²) in [5, 5.41) is 9.96. The van der Waals surface area contributed by atoms with Crippen LogP contribution in [0.25, 0.3) is 0 Å². The lowest BCUT2D eigenvalue weighted by Crippen LogP contribution is -2.29. The Morgan fingerprint density at radius 3 is 2.94 bits per heavy atom. The van der Waals surface area contributed by atoms with Crippen LogP contribution < -0.4 is 16.0 Å². The predicted octanol–water partition coefficient (Wildman–Crippen LogP) is 0.699. The molecule has 0 saturated carbocycles. The van der Waals surface area contributed by atoms with Crippen LogP contribution in [0, 0.1) is 0 Å². The van der Waals surface area contributed by atoms with Crippen LogP contribution in [-0.2, 0) is 4.74 Å². The van der Waals surface area contributed by atoms with E-state index in [1.165, 1.54) is 12.8 Å². The molecule has 1 aromatic heterocycles. The highest BCUT2D eigenvalue weighted by molar-refractivity contribution is 5.46. The van der Waals surface area contributed by atoms with Crippen molar-refractivity contribution >= 4 is 11.6 Å². The Balaban J connectivity index is 1.78. The maximum atomic E-state index is 4.98. The molecule has 1 unspecified atom stereocenters. The Labute approximate surface area is 108 Å². The first-order valence-corrected chi connectivity index (χ1v) is 6.40. The minimum atomic E-state index is 0.560. The molecule has 2 rings (SSSR count). The molecule has 0 aliphatic carbocycles. The number of aromatic nitrogens is 2. The van der Waals surface area contributed by atoms with Gasteiger partial charge in [0.1, 0.15) is 18.0 Å². The monoisotopic (exact) mass is 251 g/mol. The molecule has 0 radical (unpaired) electrons. The summed E-state index contributed by atoms with van der Waals surface area (Å²) in [5.74, 6) is 1.68. The van der Waals surface area contributed by atoms with Crippen molar-refractivity contribution in [3.8, 4) is 0 Å². The van der Waals surface area contributed by atoms with Crippen molar-refractivity contribution in [2.75, 3.05) is 44.0 Å². The van der Waals surface area contributed by atoms with Gasteiger partial charge in [-0.15, -0.1) is 0 Å². The molecule has 0 amide bonds. The zero-order valence-electron chi connectivity index (χ0n) is 10.8. The Hall–Kier alpha value is -1.40. The van der Waals surface area contributed by atoms with Crippen molar-refractivity contribution in [1.82, 2.24) is 15.3 Å². The third kappa shape index (κ3) is 4.12. The molecule has 2 heterocycles. The second kappa shape index (κ2) is 7.13. The first kappa shape index (κ1) is 13.0. The number of hydrogen-bond acceptors (Lipinski definition) is 6. The Bertz CT molecular complexity index is 354. The van der Waals surface area contributed by atoms with Crippen LogP contribution in [0.3, 0.4) is 0 Å². The minimum Gasteiger partial charge on any atom is -0.383 e. The molecule has 6 nitrogen and oxygen atoms in total. The molecule has 100 valence electrons. The highest BCUT2D eigenvalue weighted by Crippen LogP contribution is 2.10. The molecule has 3 N–H and O–H groups in total. The molecule has 18 heavy (non-hydrogen) atoms. The summed E-state index contributed by atoms with van der Waals surface area (Å²) in [7, 11) is 1.68. The fourth-order valence-electron chi connectivity index (χ4n) is 1.99. The molecule has 0 spiro atoms. The van der Waals surface area contributed by atoms with Gasteiger partial charge in [-0.2, -0.15) is 0 Å². The quantitative estimate of drug-likeness (QED) is 0.620. The summed E-state index contributed by atoms with van der Waals surface area (Å²) in [6, 6.07) is 2.48. The van der Waals surface area contributed by atoms with Gasteiger partial charge in [-0.05, 0) is 19.4 Å². The predicted molar refractivity (Wildman–Crippen MR) is 71.9 cm³/mol. The van der Waals surface area contributed by atoms with Crippen LogP contribution in [0.2, 0.25) is 0 Å². The zero-order chi connectivity index (χ0) is 12.6. The molecular weight excluding hydrogens is 230 g/mol. The molecule has 1 atom stereocenters. The average Bonchev–Trinajstić information content (AvgIpc) is 2.90. The summed E-state index contributed by atoms with van der Waals surface area (Å²) in [6.07, 6.45) is 4.07. The van der Waals surface area contributed by atoms with Gasteiger partial charge in [0, 0.05) is 32.3 Å². The largest absolute Gasteiger partial charge is 0.383 e. The number of hydrogen-bond donors (Lipinski definition) is 3. The van der Waals surface area contributed by atoms with Crippen LogP contribution >= 0.6 is 0 Å². The molecule has 1 aromatic rings. The average molecular weight is 251 g/mol. The maximum Gasteiger partial charge on any atom is 0.131 e. The number of nitrogens with one attached hydrogen (secondary N) is 3. The van der Waals surface area contributed by atoms with Crippen LogP contribution in [0.4, 0.5) is 11.6 Å². The fourth-order valence-corrected chi connectivity index (χ4v) is 1.99. The van der Waals surface area contributed by atoms with Gasteiger partial charge in [0.05, 0.1) is 6.61 Å². The smallest absolute Gasteiger partial charge is 0.131 e. The highest BCUT2D eigenvalue weighted by Gasteiger charge is 2.13. The van der Waals surface area contributed by atoms with Gasteiger partial charge in [-0.3, -0.25) is 0 Å². The number of nitrogens with zero attached hydrogens (tertiary/aromatic N) is 2. The first-order valence-electron chi connectivity index (χ1n) is 6.40. The first-order chi connectivity index (χ1) is 8.88. The molecule has 6 heteroatoms. The van der Waals surface area contributed by atoms with Crippen molar-refractivity contribution in [3.05, 3.63) is 12.4 Å². The van der Waals surface area contributed by atoms with Gasteiger partial charge in [-0.1, -0.05) is 0 Å². The lowest BCUT2D eigenvalue weighted by Gasteiger charge is -2.12. The third-order valence-corrected chi connectivity index (χ3v) is 2.97. The summed E-state index contributed by atoms with van der Waals surface area (Å²) in [6.45, 7) is 3.45. The van der Waals surface area contributed by atoms with E-state index in [-0.39, 0.29) is 0 Å². The topological polar surface area (TPSA) is 71.1 Å². The van der Waals surface area contributed by atoms with Crippen LogP contribution in [-0.4, -0.2) is 49.4 Å². The number of rotatable bonds is 7. The molecular formula is C12H21N5O. The maximum absolute atomic E-state index is 4.98. The molecule has 1 aliphatic heterocycles. The van der Waals surface area contributed by atoms with E-state index in [4.69, 9.17) is 4.74 Å². The Morgan fingerprint density at radius 1 is 1.39 bits per heavy atom. The number of methoxy groups -OCH3 is 1. The van der Waals surface area contributed by atoms with Crippen LogP contribution in [0.1, 0.15) is 12.8 Å². The van der Waals surface area contributed by atoms with Crippen molar-refractivity contribution in [2.24, 2.45) is 0 Å². The van der Waals surface area contributed by atoms with Crippen LogP contribution in [0.15, 0.2) is 12.4 Å². The van der Waals surface area contributed by atoms with E-state index in [1.54, 1.807) is 13.4 Å². The van der Waals surface area contributed by atoms with Gasteiger partial charge in [0.2, 0.25) is 0 Å². The minimum absolute atomic E-state index is 0.560. The normalized spacial score (nSPS) is 18.8. The van der Waals surface area contributed by atoms with Crippen molar-refractivity contribution < 1.29 is 4.74 Å². The van der Waals surface area contributed by atoms with Crippen molar-refractivity contribution in [2.45, 2.75) is 18.9 Å². The molecule has 1 saturated heterocycles. The van der Waals surface area contributed by atoms with E-state index in [0.29, 0.717) is 12.6 Å². The van der Waals surface area contributed by atoms with E-state index in [9.17, 15) is 0 Å². The van der Waals surface area contributed by atoms with Gasteiger partial charge in [0.25, 0.3) is 0 Å². The summed E-state index contributed by atoms with van der Waals surface area (Å²) in [4.78, 5) is 8.36. The van der Waals surface area contributed by atoms with Crippen molar-refractivity contribution in [1.29, 1.82) is 0 Å². The van der Waals surface area contributed by atoms with E-state index in [1.807, 2.05) is 6.07 Å². The fraction of sp³-hybridized carbons (Fsp3) is 0.667. The Kier molecular flexibility index (Phi) is 5.16. The van der Waals surface area contributed by atoms with Crippen LogP contribution in [0.5, 0.6) is 0 Å². The van der Waals surface area contributed by atoms with Gasteiger partial charge in [0.15, 0.2) is 0 Å². The second-order valence-corrected chi connectivity index (χ2v) is 4.38. The Morgan fingerprint density at radius 2 is 2.22 bits per heavy atom. The molecule has 1 aliphatic rings. The molecule has 1 fully saturated rings. The summed E-state index contributed by atoms with van der Waals surface area (Å²) < 4.78 is 4.98. The molecule has 0 aromatic carbocycles. The van der Waals surface area contributed by atoms with E-state index >= 15 is 0 Å². The number of ether oxygens (including phenoxy) is 1. The van der Waals surface area contributed by atoms with Gasteiger partial charge < -0.3 is 20.7 Å². The van der Waals surface area contributed by atoms with Gasteiger partial charge >= 0.3 is 0 Å². The number of anilines is 2. The SMILES string of the molecule is COCCNc1cc(NCC2CCCN2)ncn1. The van der Waals surface area contributed by atoms with E-state index in [0.717, 1.165) is 31.3 Å². The van der Waals surface area contributed by atoms with Gasteiger partial charge in [-0.25, -0.2) is 9.97 Å². The highest BCUT2D eigenvalue weighted by atomic mass is 16.5. The third-order valence-electron chi connectivity index (χ3n) is 2.97. The lowest BCUT2D eigenvalue weighted by atomic mass is 10.2. The zero-order valence-corrected chi connectivity index (χ0v) is 10.8. The molecule has 0 bridgehead atoms. The standard InChI is InChI=1S/C12H21N5O/c1-18-6-5-14-11-7-12(17-9-16-11)15-8-10-3-2-4-13-10/h7,9-10,13H,2-6,8H2,1H3,(H2,14,15,16,17). The van der Waals surface area contributed by atoms with E-state index < -0.39 is 0 Å². The van der Waals surface area contributed by atoms with E-state index in [2.05, 4.69) is 25.9 Å². The summed E-state index contributed by atoms with van der Waals surface area (Å²) >= 11 is 0. The van der Waals surface area contributed by atoms with Crippen molar-refractivity contribution in [3.63, 3.8) is 0 Å². The lowest BCUT2D eigenvalue weighted by molar-refractivity contribution is 0.210. The second-order valence-electron chi connectivity index (χ2n) is 4.38.